The molecule has 4 aromatic carbocycles. The van der Waals surface area contributed by atoms with Crippen LogP contribution in [0.3, 0.4) is 0 Å². The molecule has 3 heterocycles. The lowest BCUT2D eigenvalue weighted by Gasteiger charge is -2.36. The summed E-state index contributed by atoms with van der Waals surface area (Å²) >= 11 is 0. The molecule has 1 aliphatic rings. The number of aryl methyl sites for hydroxylation is 3. The van der Waals surface area contributed by atoms with Crippen LogP contribution < -0.4 is 13.9 Å². The second-order valence-electron chi connectivity index (χ2n) is 13.9. The third kappa shape index (κ3) is 8.06. The Bertz CT molecular complexity index is 2390. The summed E-state index contributed by atoms with van der Waals surface area (Å²) in [5.74, 6) is 0.965. The van der Waals surface area contributed by atoms with Crippen LogP contribution in [0.15, 0.2) is 114 Å². The normalized spacial score (nSPS) is 14.2. The molecule has 0 amide bonds. The molecule has 6 aromatic rings. The van der Waals surface area contributed by atoms with Gasteiger partial charge in [-0.3, -0.25) is 9.21 Å². The number of hydrogen-bond acceptors (Lipinski definition) is 9. The monoisotopic (exact) mass is 758 g/mol. The molecule has 1 atom stereocenters. The van der Waals surface area contributed by atoms with Crippen LogP contribution in [-0.4, -0.2) is 86.4 Å². The van der Waals surface area contributed by atoms with Crippen molar-refractivity contribution in [1.82, 2.24) is 19.5 Å². The summed E-state index contributed by atoms with van der Waals surface area (Å²) in [6.45, 7) is 11.5. The van der Waals surface area contributed by atoms with Crippen molar-refractivity contribution in [3.8, 4) is 28.1 Å². The molecule has 11 nitrogen and oxygen atoms in total. The topological polar surface area (TPSA) is 110 Å². The number of fused-ring (bicyclic) bond motifs is 1. The maximum absolute atomic E-state index is 13.2. The average molecular weight is 759 g/mol. The van der Waals surface area contributed by atoms with Gasteiger partial charge in [0.25, 0.3) is 10.0 Å². The first-order valence-corrected chi connectivity index (χ1v) is 19.9. The average Bonchev–Trinajstić information content (AvgIpc) is 3.54. The van der Waals surface area contributed by atoms with Gasteiger partial charge in [0.2, 0.25) is 0 Å². The zero-order valence-corrected chi connectivity index (χ0v) is 32.7. The molecule has 1 aliphatic heterocycles. The number of sulfonamides is 1. The molecule has 2 aromatic heterocycles. The minimum atomic E-state index is -3.74. The van der Waals surface area contributed by atoms with E-state index in [1.165, 1.54) is 11.4 Å². The molecule has 55 heavy (non-hydrogen) atoms. The summed E-state index contributed by atoms with van der Waals surface area (Å²) < 4.78 is 41.1. The lowest BCUT2D eigenvalue weighted by molar-refractivity contribution is -0.151. The first-order chi connectivity index (χ1) is 26.5. The highest BCUT2D eigenvalue weighted by atomic mass is 32.2. The summed E-state index contributed by atoms with van der Waals surface area (Å²) in [4.78, 5) is 22.9. The second kappa shape index (κ2) is 15.9. The van der Waals surface area contributed by atoms with Gasteiger partial charge in [0.15, 0.2) is 11.8 Å². The van der Waals surface area contributed by atoms with Crippen LogP contribution in [-0.2, 0) is 19.6 Å². The van der Waals surface area contributed by atoms with Crippen molar-refractivity contribution in [3.05, 3.63) is 126 Å². The number of nitrogens with zero attached hydrogens (tertiary/aromatic N) is 6. The lowest BCUT2D eigenvalue weighted by atomic mass is 10.1. The Morgan fingerprint density at radius 1 is 0.818 bits per heavy atom. The Morgan fingerprint density at radius 3 is 2.13 bits per heavy atom. The van der Waals surface area contributed by atoms with Crippen LogP contribution >= 0.6 is 0 Å². The number of rotatable bonds is 12. The number of anilines is 2. The number of carbonyl (C=O) groups is 1. The fraction of sp³-hybridized carbons (Fsp3) is 0.279. The number of aromatic nitrogens is 3. The van der Waals surface area contributed by atoms with E-state index in [2.05, 4.69) is 40.1 Å². The van der Waals surface area contributed by atoms with Crippen LogP contribution in [0.4, 0.5) is 11.5 Å². The van der Waals surface area contributed by atoms with Gasteiger partial charge >= 0.3 is 5.97 Å². The zero-order chi connectivity index (χ0) is 38.7. The van der Waals surface area contributed by atoms with Gasteiger partial charge in [0.1, 0.15) is 18.2 Å². The first kappa shape index (κ1) is 37.6. The Labute approximate surface area is 322 Å². The summed E-state index contributed by atoms with van der Waals surface area (Å²) in [6.07, 6.45) is -0.842. The highest BCUT2D eigenvalue weighted by Crippen LogP contribution is 2.33. The molecule has 0 radical (unpaired) electrons. The van der Waals surface area contributed by atoms with Crippen molar-refractivity contribution < 1.29 is 22.7 Å². The van der Waals surface area contributed by atoms with E-state index in [4.69, 9.17) is 19.6 Å². The van der Waals surface area contributed by atoms with Crippen LogP contribution in [0.25, 0.3) is 28.0 Å². The third-order valence-electron chi connectivity index (χ3n) is 10.2. The molecule has 12 heteroatoms. The van der Waals surface area contributed by atoms with Gasteiger partial charge in [0, 0.05) is 57.0 Å². The molecule has 0 saturated carbocycles. The van der Waals surface area contributed by atoms with E-state index in [1.807, 2.05) is 61.7 Å². The molecule has 7 rings (SSSR count). The number of hydrogen-bond donors (Lipinski definition) is 0. The van der Waals surface area contributed by atoms with Crippen molar-refractivity contribution in [3.63, 3.8) is 0 Å². The number of benzene rings is 4. The predicted molar refractivity (Wildman–Crippen MR) is 216 cm³/mol. The van der Waals surface area contributed by atoms with Gasteiger partial charge in [-0.2, -0.15) is 9.61 Å². The maximum atomic E-state index is 13.2. The smallest absolute Gasteiger partial charge is 0.347 e. The SMILES string of the molecule is Cc1ccc(S(=O)(=O)N(C)c2ccc(OC(C)C(=O)OCCN3CCN(c4cc(-c5ccccc5)nc5c(-c6ccccc6)c(C)nn45)CC3)cc2)cc1C. The molecule has 1 fully saturated rings. The van der Waals surface area contributed by atoms with Crippen molar-refractivity contribution in [2.45, 2.75) is 38.7 Å². The van der Waals surface area contributed by atoms with E-state index in [0.717, 1.165) is 76.8 Å². The molecule has 0 N–H and O–H groups in total. The minimum absolute atomic E-state index is 0.228. The Hall–Kier alpha value is -5.72. The van der Waals surface area contributed by atoms with Crippen LogP contribution in [0, 0.1) is 20.8 Å². The van der Waals surface area contributed by atoms with Gasteiger partial charge in [-0.1, -0.05) is 66.7 Å². The van der Waals surface area contributed by atoms with Gasteiger partial charge in [-0.05, 0) is 80.8 Å². The summed E-state index contributed by atoms with van der Waals surface area (Å²) in [7, 11) is -2.23. The van der Waals surface area contributed by atoms with Gasteiger partial charge in [-0.15, -0.1) is 0 Å². The summed E-state index contributed by atoms with van der Waals surface area (Å²) in [6, 6.07) is 34.3. The molecular formula is C43H46N6O5S. The summed E-state index contributed by atoms with van der Waals surface area (Å²) in [5, 5.41) is 4.98. The Balaban J connectivity index is 0.939. The van der Waals surface area contributed by atoms with Crippen molar-refractivity contribution in [2.24, 2.45) is 0 Å². The number of esters is 1. The third-order valence-corrected chi connectivity index (χ3v) is 12.0. The fourth-order valence-corrected chi connectivity index (χ4v) is 8.07. The van der Waals surface area contributed by atoms with Gasteiger partial charge < -0.3 is 14.4 Å². The van der Waals surface area contributed by atoms with E-state index in [9.17, 15) is 13.2 Å². The predicted octanol–water partition coefficient (Wildman–Crippen LogP) is 6.95. The van der Waals surface area contributed by atoms with Crippen LogP contribution in [0.1, 0.15) is 23.7 Å². The molecular weight excluding hydrogens is 713 g/mol. The van der Waals surface area contributed by atoms with Crippen molar-refractivity contribution >= 4 is 33.1 Å². The van der Waals surface area contributed by atoms with Gasteiger partial charge in [-0.25, -0.2) is 18.2 Å². The molecule has 1 unspecified atom stereocenters. The van der Waals surface area contributed by atoms with Crippen LogP contribution in [0.5, 0.6) is 5.75 Å². The number of carbonyl (C=O) groups excluding carboxylic acids is 1. The Morgan fingerprint density at radius 2 is 1.47 bits per heavy atom. The maximum Gasteiger partial charge on any atom is 0.347 e. The summed E-state index contributed by atoms with van der Waals surface area (Å²) in [5.41, 5.74) is 8.22. The van der Waals surface area contributed by atoms with E-state index >= 15 is 0 Å². The quantitative estimate of drug-likeness (QED) is 0.123. The zero-order valence-electron chi connectivity index (χ0n) is 31.8. The van der Waals surface area contributed by atoms with Crippen LogP contribution in [0.2, 0.25) is 0 Å². The van der Waals surface area contributed by atoms with E-state index in [0.29, 0.717) is 18.0 Å². The number of piperazine rings is 1. The minimum Gasteiger partial charge on any atom is -0.479 e. The lowest BCUT2D eigenvalue weighted by Crippen LogP contribution is -2.48. The fourth-order valence-electron chi connectivity index (χ4n) is 6.78. The first-order valence-electron chi connectivity index (χ1n) is 18.5. The largest absolute Gasteiger partial charge is 0.479 e. The highest BCUT2D eigenvalue weighted by Gasteiger charge is 2.25. The second-order valence-corrected chi connectivity index (χ2v) is 15.9. The number of ether oxygens (including phenoxy) is 2. The molecule has 0 bridgehead atoms. The van der Waals surface area contributed by atoms with Crippen molar-refractivity contribution in [2.75, 3.05) is 55.6 Å². The Kier molecular flexibility index (Phi) is 10.9. The van der Waals surface area contributed by atoms with E-state index in [1.54, 1.807) is 49.4 Å². The highest BCUT2D eigenvalue weighted by molar-refractivity contribution is 7.92. The molecule has 1 saturated heterocycles. The standard InChI is InChI=1S/C43H46N6O5S/c1-30-16-21-38(28-31(30)2)55(51,52)46(5)36-17-19-37(20-18-36)54-33(4)43(50)53-27-26-47-22-24-48(25-23-47)40-29-39(34-12-8-6-9-13-34)44-42-41(32(3)45-49(40)42)35-14-10-7-11-15-35/h6-21,28-29,33H,22-27H2,1-5H3. The van der Waals surface area contributed by atoms with E-state index < -0.39 is 22.1 Å². The van der Waals surface area contributed by atoms with Gasteiger partial charge in [0.05, 0.1) is 22.0 Å². The van der Waals surface area contributed by atoms with Crippen molar-refractivity contribution in [1.29, 1.82) is 0 Å². The molecule has 0 spiro atoms. The van der Waals surface area contributed by atoms with E-state index in [-0.39, 0.29) is 11.5 Å². The molecule has 284 valence electrons. The molecule has 0 aliphatic carbocycles.